The highest BCUT2D eigenvalue weighted by Crippen LogP contribution is 2.25. The molecule has 0 saturated carbocycles. The van der Waals surface area contributed by atoms with Crippen molar-refractivity contribution in [2.24, 2.45) is 0 Å². The van der Waals surface area contributed by atoms with Gasteiger partial charge in [0.05, 0.1) is 10.7 Å². The summed E-state index contributed by atoms with van der Waals surface area (Å²) in [5, 5.41) is 3.28. The van der Waals surface area contributed by atoms with E-state index in [0.717, 1.165) is 38.0 Å². The number of carbonyl (C=O) groups is 1. The third-order valence-corrected chi connectivity index (χ3v) is 3.95. The van der Waals surface area contributed by atoms with Gasteiger partial charge in [-0.25, -0.2) is 4.79 Å². The third kappa shape index (κ3) is 3.87. The van der Waals surface area contributed by atoms with Crippen molar-refractivity contribution in [1.29, 1.82) is 0 Å². The number of benzene rings is 1. The lowest BCUT2D eigenvalue weighted by Gasteiger charge is -2.31. The fourth-order valence-electron chi connectivity index (χ4n) is 2.47. The molecular weight excluding hydrogens is 276 g/mol. The van der Waals surface area contributed by atoms with Crippen LogP contribution in [0.15, 0.2) is 18.2 Å². The fourth-order valence-corrected chi connectivity index (χ4v) is 2.74. The van der Waals surface area contributed by atoms with Crippen molar-refractivity contribution >= 4 is 23.4 Å². The van der Waals surface area contributed by atoms with Crippen LogP contribution in [-0.4, -0.2) is 36.7 Å². The van der Waals surface area contributed by atoms with E-state index in [4.69, 9.17) is 16.3 Å². The fraction of sp³-hybridized carbons (Fsp3) is 0.533. The summed E-state index contributed by atoms with van der Waals surface area (Å²) < 4.78 is 5.49. The number of anilines is 1. The summed E-state index contributed by atoms with van der Waals surface area (Å²) in [4.78, 5) is 14.3. The number of para-hydroxylation sites is 1. The highest BCUT2D eigenvalue weighted by atomic mass is 35.5. The van der Waals surface area contributed by atoms with Crippen molar-refractivity contribution in [3.8, 4) is 0 Å². The van der Waals surface area contributed by atoms with Crippen molar-refractivity contribution in [2.45, 2.75) is 32.8 Å². The molecule has 1 aliphatic rings. The highest BCUT2D eigenvalue weighted by molar-refractivity contribution is 6.33. The van der Waals surface area contributed by atoms with Gasteiger partial charge in [-0.05, 0) is 44.5 Å². The van der Waals surface area contributed by atoms with E-state index >= 15 is 0 Å². The van der Waals surface area contributed by atoms with E-state index < -0.39 is 6.09 Å². The molecule has 0 bridgehead atoms. The average Bonchev–Trinajstić information content (AvgIpc) is 2.43. The van der Waals surface area contributed by atoms with Gasteiger partial charge in [-0.3, -0.25) is 10.2 Å². The molecule has 4 nitrogen and oxygen atoms in total. The molecule has 1 atom stereocenters. The Morgan fingerprint density at radius 3 is 3.05 bits per heavy atom. The number of hydrogen-bond acceptors (Lipinski definition) is 3. The first kappa shape index (κ1) is 15.1. The van der Waals surface area contributed by atoms with Crippen molar-refractivity contribution in [3.05, 3.63) is 28.8 Å². The molecule has 1 amide bonds. The molecule has 0 radical (unpaired) electrons. The molecule has 5 heteroatoms. The summed E-state index contributed by atoms with van der Waals surface area (Å²) in [7, 11) is 0. The van der Waals surface area contributed by atoms with Gasteiger partial charge in [-0.2, -0.15) is 0 Å². The number of amides is 1. The summed E-state index contributed by atoms with van der Waals surface area (Å²) in [5.74, 6) is 0. The second-order valence-corrected chi connectivity index (χ2v) is 5.53. The van der Waals surface area contributed by atoms with Gasteiger partial charge in [0.1, 0.15) is 6.10 Å². The lowest BCUT2D eigenvalue weighted by molar-refractivity contribution is 0.0519. The first-order valence-electron chi connectivity index (χ1n) is 7.05. The molecule has 1 aliphatic heterocycles. The Balaban J connectivity index is 1.92. The Hall–Kier alpha value is -1.26. The molecule has 1 N–H and O–H groups in total. The number of piperidine rings is 1. The lowest BCUT2D eigenvalue weighted by atomic mass is 10.1. The van der Waals surface area contributed by atoms with Crippen LogP contribution in [-0.2, 0) is 4.74 Å². The zero-order chi connectivity index (χ0) is 14.5. The van der Waals surface area contributed by atoms with Gasteiger partial charge in [-0.1, -0.05) is 30.7 Å². The predicted octanol–water partition coefficient (Wildman–Crippen LogP) is 3.68. The number of nitrogens with zero attached hydrogens (tertiary/aromatic N) is 1. The molecule has 1 heterocycles. The summed E-state index contributed by atoms with van der Waals surface area (Å²) in [6.45, 7) is 6.91. The first-order valence-corrected chi connectivity index (χ1v) is 7.43. The van der Waals surface area contributed by atoms with Crippen LogP contribution in [0.25, 0.3) is 0 Å². The maximum Gasteiger partial charge on any atom is 0.411 e. The molecular formula is C15H21ClN2O2. The van der Waals surface area contributed by atoms with E-state index in [1.54, 1.807) is 6.07 Å². The van der Waals surface area contributed by atoms with Gasteiger partial charge < -0.3 is 4.74 Å². The van der Waals surface area contributed by atoms with E-state index in [9.17, 15) is 4.79 Å². The zero-order valence-electron chi connectivity index (χ0n) is 12.0. The normalized spacial score (nSPS) is 19.6. The van der Waals surface area contributed by atoms with Gasteiger partial charge in [0, 0.05) is 6.54 Å². The number of hydrogen-bond donors (Lipinski definition) is 1. The SMILES string of the molecule is CCN1CCCC(OC(=O)Nc2c(C)cccc2Cl)C1. The van der Waals surface area contributed by atoms with Crippen LogP contribution in [0.2, 0.25) is 5.02 Å². The summed E-state index contributed by atoms with van der Waals surface area (Å²) >= 11 is 6.08. The van der Waals surface area contributed by atoms with Crippen molar-refractivity contribution in [1.82, 2.24) is 4.90 Å². The number of aryl methyl sites for hydroxylation is 1. The first-order chi connectivity index (χ1) is 9.60. The van der Waals surface area contributed by atoms with Crippen molar-refractivity contribution in [2.75, 3.05) is 25.0 Å². The topological polar surface area (TPSA) is 41.6 Å². The number of ether oxygens (including phenoxy) is 1. The number of halogens is 1. The smallest absolute Gasteiger partial charge is 0.411 e. The zero-order valence-corrected chi connectivity index (χ0v) is 12.7. The van der Waals surface area contributed by atoms with Gasteiger partial charge in [0.2, 0.25) is 0 Å². The summed E-state index contributed by atoms with van der Waals surface area (Å²) in [6.07, 6.45) is 1.53. The van der Waals surface area contributed by atoms with E-state index in [0.29, 0.717) is 10.7 Å². The Morgan fingerprint density at radius 2 is 2.35 bits per heavy atom. The second kappa shape index (κ2) is 6.95. The Morgan fingerprint density at radius 1 is 1.55 bits per heavy atom. The van der Waals surface area contributed by atoms with E-state index in [1.165, 1.54) is 0 Å². The Bertz CT molecular complexity index is 459. The Kier molecular flexibility index (Phi) is 5.26. The van der Waals surface area contributed by atoms with Gasteiger partial charge >= 0.3 is 6.09 Å². The number of rotatable bonds is 3. The largest absolute Gasteiger partial charge is 0.445 e. The van der Waals surface area contributed by atoms with Gasteiger partial charge in [-0.15, -0.1) is 0 Å². The van der Waals surface area contributed by atoms with E-state index in [2.05, 4.69) is 17.1 Å². The maximum absolute atomic E-state index is 12.0. The van der Waals surface area contributed by atoms with Gasteiger partial charge in [0.15, 0.2) is 0 Å². The van der Waals surface area contributed by atoms with Crippen LogP contribution in [0.5, 0.6) is 0 Å². The van der Waals surface area contributed by atoms with Gasteiger partial charge in [0.25, 0.3) is 0 Å². The minimum Gasteiger partial charge on any atom is -0.445 e. The van der Waals surface area contributed by atoms with Crippen LogP contribution in [0, 0.1) is 6.92 Å². The number of likely N-dealkylation sites (tertiary alicyclic amines) is 1. The lowest BCUT2D eigenvalue weighted by Crippen LogP contribution is -2.41. The minimum absolute atomic E-state index is 0.0357. The highest BCUT2D eigenvalue weighted by Gasteiger charge is 2.22. The van der Waals surface area contributed by atoms with Crippen LogP contribution < -0.4 is 5.32 Å². The molecule has 0 spiro atoms. The van der Waals surface area contributed by atoms with E-state index in [1.807, 2.05) is 19.1 Å². The second-order valence-electron chi connectivity index (χ2n) is 5.12. The molecule has 0 aliphatic carbocycles. The van der Waals surface area contributed by atoms with Crippen LogP contribution in [0.4, 0.5) is 10.5 Å². The minimum atomic E-state index is -0.427. The summed E-state index contributed by atoms with van der Waals surface area (Å²) in [5.41, 5.74) is 1.55. The van der Waals surface area contributed by atoms with E-state index in [-0.39, 0.29) is 6.10 Å². The average molecular weight is 297 g/mol. The molecule has 2 rings (SSSR count). The molecule has 0 aromatic heterocycles. The molecule has 110 valence electrons. The predicted molar refractivity (Wildman–Crippen MR) is 81.4 cm³/mol. The van der Waals surface area contributed by atoms with Crippen LogP contribution in [0.3, 0.4) is 0 Å². The summed E-state index contributed by atoms with van der Waals surface area (Å²) in [6, 6.07) is 5.51. The molecule has 20 heavy (non-hydrogen) atoms. The number of likely N-dealkylation sites (N-methyl/N-ethyl adjacent to an activating group) is 1. The molecule has 1 fully saturated rings. The Labute approximate surface area is 125 Å². The molecule has 1 saturated heterocycles. The van der Waals surface area contributed by atoms with Crippen molar-refractivity contribution < 1.29 is 9.53 Å². The molecule has 1 aromatic rings. The van der Waals surface area contributed by atoms with Crippen LogP contribution in [0.1, 0.15) is 25.3 Å². The number of nitrogens with one attached hydrogen (secondary N) is 1. The molecule has 1 unspecified atom stereocenters. The standard InChI is InChI=1S/C15H21ClN2O2/c1-3-18-9-5-7-12(10-18)20-15(19)17-14-11(2)6-4-8-13(14)16/h4,6,8,12H,3,5,7,9-10H2,1-2H3,(H,17,19). The monoisotopic (exact) mass is 296 g/mol. The third-order valence-electron chi connectivity index (χ3n) is 3.63. The number of carbonyl (C=O) groups excluding carboxylic acids is 1. The maximum atomic E-state index is 12.0. The quantitative estimate of drug-likeness (QED) is 0.925. The molecule has 1 aromatic carbocycles. The van der Waals surface area contributed by atoms with Crippen LogP contribution >= 0.6 is 11.6 Å². The van der Waals surface area contributed by atoms with Crippen molar-refractivity contribution in [3.63, 3.8) is 0 Å².